The third-order valence-electron chi connectivity index (χ3n) is 0.531. The van der Waals surface area contributed by atoms with Crippen molar-refractivity contribution in [2.75, 3.05) is 0 Å². The van der Waals surface area contributed by atoms with Crippen molar-refractivity contribution in [3.63, 3.8) is 0 Å². The summed E-state index contributed by atoms with van der Waals surface area (Å²) in [7, 11) is 1.72. The van der Waals surface area contributed by atoms with Gasteiger partial charge in [0, 0.05) is 0 Å². The maximum atomic E-state index is 2.53. The van der Waals surface area contributed by atoms with E-state index in [1.165, 1.54) is 0 Å². The zero-order chi connectivity index (χ0) is 3.86. The molecule has 0 radical (unpaired) electrons. The summed E-state index contributed by atoms with van der Waals surface area (Å²) in [6.07, 6.45) is 0. The fourth-order valence-electron chi connectivity index (χ4n) is 0.130. The molecule has 2 atom stereocenters. The summed E-state index contributed by atoms with van der Waals surface area (Å²) >= 11 is 2.53. The highest BCUT2D eigenvalue weighted by Gasteiger charge is 2.34. The highest BCUT2D eigenvalue weighted by molar-refractivity contribution is 14.2. The fourth-order valence-corrected chi connectivity index (χ4v) is 6.77. The summed E-state index contributed by atoms with van der Waals surface area (Å²) < 4.78 is 0. The first kappa shape index (κ1) is 4.49. The Balaban J connectivity index is 2.38. The Morgan fingerprint density at radius 1 is 2.00 bits per heavy atom. The summed E-state index contributed by atoms with van der Waals surface area (Å²) in [5.41, 5.74) is 0. The van der Waals surface area contributed by atoms with Crippen LogP contribution in [0.1, 0.15) is 6.92 Å². The SMILES string of the molecule is CC1P=[P+]1I. The summed E-state index contributed by atoms with van der Waals surface area (Å²) in [6, 6.07) is 0. The van der Waals surface area contributed by atoms with Gasteiger partial charge in [0.1, 0.15) is 0 Å². The second-order valence-electron chi connectivity index (χ2n) is 1.04. The molecule has 0 aromatic heterocycles. The Hall–Kier alpha value is 1.33. The smallest absolute Gasteiger partial charge is 0.00852 e. The van der Waals surface area contributed by atoms with Gasteiger partial charge < -0.3 is 0 Å². The average Bonchev–Trinajstić information content (AvgIpc) is 1.79. The van der Waals surface area contributed by atoms with Gasteiger partial charge in [-0.3, -0.25) is 0 Å². The number of rotatable bonds is 0. The van der Waals surface area contributed by atoms with Crippen molar-refractivity contribution in [2.24, 2.45) is 0 Å². The molecule has 5 heavy (non-hydrogen) atoms. The first-order valence-electron chi connectivity index (χ1n) is 1.46. The molecule has 1 aliphatic heterocycles. The van der Waals surface area contributed by atoms with Crippen molar-refractivity contribution in [2.45, 2.75) is 12.3 Å². The van der Waals surface area contributed by atoms with E-state index in [9.17, 15) is 0 Å². The number of halogens is 1. The zero-order valence-electron chi connectivity index (χ0n) is 2.85. The van der Waals surface area contributed by atoms with Crippen molar-refractivity contribution >= 4 is 34.8 Å². The molecule has 1 heterocycles. The molecule has 3 heteroatoms. The molecule has 0 saturated carbocycles. The summed E-state index contributed by atoms with van der Waals surface area (Å²) in [4.78, 5) is 0.511. The summed E-state index contributed by atoms with van der Waals surface area (Å²) in [5.74, 6) is 0. The van der Waals surface area contributed by atoms with Crippen LogP contribution in [0, 0.1) is 0 Å². The second kappa shape index (κ2) is 1.44. The van der Waals surface area contributed by atoms with Crippen LogP contribution in [-0.4, -0.2) is 5.40 Å². The summed E-state index contributed by atoms with van der Waals surface area (Å²) in [5, 5.41) is 1.07. The van der Waals surface area contributed by atoms with Crippen LogP contribution in [0.15, 0.2) is 0 Å². The predicted molar refractivity (Wildman–Crippen MR) is 37.3 cm³/mol. The third kappa shape index (κ3) is 1.10. The third-order valence-corrected chi connectivity index (χ3v) is 10.4. The van der Waals surface area contributed by atoms with Crippen molar-refractivity contribution in [3.8, 4) is 0 Å². The van der Waals surface area contributed by atoms with E-state index >= 15 is 0 Å². The van der Waals surface area contributed by atoms with E-state index in [4.69, 9.17) is 0 Å². The first-order chi connectivity index (χ1) is 2.30. The van der Waals surface area contributed by atoms with Gasteiger partial charge in [-0.25, -0.2) is 0 Å². The Morgan fingerprint density at radius 3 is 2.20 bits per heavy atom. The van der Waals surface area contributed by atoms with Crippen molar-refractivity contribution in [3.05, 3.63) is 0 Å². The number of hydrogen-bond acceptors (Lipinski definition) is 0. The molecule has 28 valence electrons. The van der Waals surface area contributed by atoms with Crippen LogP contribution in [0.2, 0.25) is 0 Å². The molecule has 0 bridgehead atoms. The molecule has 0 aliphatic carbocycles. The molecule has 0 aromatic carbocycles. The highest BCUT2D eigenvalue weighted by Crippen LogP contribution is 2.68. The van der Waals surface area contributed by atoms with Crippen LogP contribution in [0.25, 0.3) is 0 Å². The van der Waals surface area contributed by atoms with Crippen LogP contribution in [-0.2, 0) is 0 Å². The van der Waals surface area contributed by atoms with Gasteiger partial charge in [0.25, 0.3) is 0 Å². The Morgan fingerprint density at radius 2 is 2.20 bits per heavy atom. The maximum absolute atomic E-state index is 2.53. The van der Waals surface area contributed by atoms with Crippen molar-refractivity contribution in [1.29, 1.82) is 0 Å². The predicted octanol–water partition coefficient (Wildman–Crippen LogP) is 3.04. The van der Waals surface area contributed by atoms with E-state index in [0.29, 0.717) is 4.85 Å². The molecule has 0 amide bonds. The Kier molecular flexibility index (Phi) is 1.29. The van der Waals surface area contributed by atoms with Gasteiger partial charge in [-0.1, -0.05) is 0 Å². The highest BCUT2D eigenvalue weighted by atomic mass is 127. The van der Waals surface area contributed by atoms with Crippen LogP contribution in [0.5, 0.6) is 0 Å². The lowest BCUT2D eigenvalue weighted by atomic mass is 11.0. The molecular formula is C2H4IP2+. The van der Waals surface area contributed by atoms with E-state index in [-0.39, 0.29) is 0 Å². The molecule has 0 spiro atoms. The molecule has 0 N–H and O–H groups in total. The fraction of sp³-hybridized carbons (Fsp3) is 1.00. The van der Waals surface area contributed by atoms with Gasteiger partial charge >= 0.3 is 0 Å². The standard InChI is InChI=1S/C2H4IP2/c1-2-4-5(2)3/h2H,1H3/q+1. The summed E-state index contributed by atoms with van der Waals surface area (Å²) in [6.45, 7) is 2.31. The van der Waals surface area contributed by atoms with E-state index in [2.05, 4.69) is 29.0 Å². The minimum Gasteiger partial charge on any atom is -0.00852 e. The second-order valence-corrected chi connectivity index (χ2v) is 11.2. The van der Waals surface area contributed by atoms with Gasteiger partial charge in [0.2, 0.25) is 32.3 Å². The van der Waals surface area contributed by atoms with Crippen molar-refractivity contribution < 1.29 is 0 Å². The van der Waals surface area contributed by atoms with E-state index in [1.54, 1.807) is 7.87 Å². The molecule has 0 fully saturated rings. The van der Waals surface area contributed by atoms with Gasteiger partial charge in [-0.2, -0.15) is 0 Å². The molecular weight excluding hydrogens is 213 g/mol. The van der Waals surface area contributed by atoms with E-state index in [0.717, 1.165) is 5.40 Å². The monoisotopic (exact) mass is 217 g/mol. The van der Waals surface area contributed by atoms with E-state index in [1.807, 2.05) is 0 Å². The molecule has 2 unspecified atom stereocenters. The minimum atomic E-state index is 0.511. The van der Waals surface area contributed by atoms with Crippen molar-refractivity contribution in [1.82, 2.24) is 0 Å². The lowest BCUT2D eigenvalue weighted by molar-refractivity contribution is 1.45. The van der Waals surface area contributed by atoms with Gasteiger partial charge in [0.05, 0.1) is 0 Å². The minimum absolute atomic E-state index is 0.511. The largest absolute Gasteiger partial charge is 0.233 e. The first-order valence-corrected chi connectivity index (χ1v) is 7.33. The lowest BCUT2D eigenvalue weighted by Crippen LogP contribution is -1.51. The normalized spacial score (nSPS) is 43.6. The van der Waals surface area contributed by atoms with Crippen LogP contribution in [0.4, 0.5) is 0 Å². The average molecular weight is 217 g/mol. The van der Waals surface area contributed by atoms with Gasteiger partial charge in [-0.15, -0.1) is 0 Å². The Labute approximate surface area is 47.2 Å². The molecule has 1 aliphatic rings. The maximum Gasteiger partial charge on any atom is 0.233 e. The topological polar surface area (TPSA) is 0 Å². The molecule has 1 rings (SSSR count). The molecule has 0 saturated heterocycles. The quantitative estimate of drug-likeness (QED) is 0.432. The number of hydrogen-bond donors (Lipinski definition) is 0. The molecule has 0 nitrogen and oxygen atoms in total. The van der Waals surface area contributed by atoms with E-state index < -0.39 is 0 Å². The lowest BCUT2D eigenvalue weighted by Gasteiger charge is -1.48. The zero-order valence-corrected chi connectivity index (χ0v) is 6.80. The van der Waals surface area contributed by atoms with Gasteiger partial charge in [-0.05, 0) is 6.92 Å². The van der Waals surface area contributed by atoms with Crippen LogP contribution >= 0.6 is 34.8 Å². The van der Waals surface area contributed by atoms with Crippen LogP contribution < -0.4 is 0 Å². The Bertz CT molecular complexity index is 77.7. The molecule has 0 aromatic rings. The van der Waals surface area contributed by atoms with Gasteiger partial charge in [0.15, 0.2) is 7.87 Å². The van der Waals surface area contributed by atoms with Crippen LogP contribution in [0.3, 0.4) is 0 Å².